The minimum Gasteiger partial charge on any atom is -0.481 e. The van der Waals surface area contributed by atoms with Crippen molar-refractivity contribution < 1.29 is 14.7 Å². The molecule has 1 aromatic carbocycles. The average Bonchev–Trinajstić information content (AvgIpc) is 2.94. The number of carbonyl (C=O) groups is 2. The molecule has 0 radical (unpaired) electrons. The van der Waals surface area contributed by atoms with Gasteiger partial charge in [0.25, 0.3) is 0 Å². The topological polar surface area (TPSA) is 57.6 Å². The van der Waals surface area contributed by atoms with Crippen molar-refractivity contribution in [2.75, 3.05) is 17.2 Å². The molecule has 0 saturated carbocycles. The smallest absolute Gasteiger partial charge is 0.305 e. The van der Waals surface area contributed by atoms with Gasteiger partial charge >= 0.3 is 5.97 Å². The summed E-state index contributed by atoms with van der Waals surface area (Å²) in [5.74, 6) is 0.176. The van der Waals surface area contributed by atoms with E-state index in [1.165, 1.54) is 0 Å². The molecule has 0 aromatic heterocycles. The lowest BCUT2D eigenvalue weighted by Crippen LogP contribution is -2.38. The number of anilines is 1. The molecule has 5 heteroatoms. The molecule has 4 nitrogen and oxygen atoms in total. The van der Waals surface area contributed by atoms with Crippen LogP contribution in [-0.4, -0.2) is 34.5 Å². The van der Waals surface area contributed by atoms with Crippen molar-refractivity contribution in [3.63, 3.8) is 0 Å². The number of carboxylic acids is 1. The molecule has 1 aromatic rings. The third kappa shape index (κ3) is 3.54. The maximum absolute atomic E-state index is 12.6. The second kappa shape index (κ2) is 6.79. The van der Waals surface area contributed by atoms with Crippen LogP contribution in [0.5, 0.6) is 0 Å². The van der Waals surface area contributed by atoms with Gasteiger partial charge < -0.3 is 10.0 Å². The quantitative estimate of drug-likeness (QED) is 0.907. The number of para-hydroxylation sites is 1. The molecule has 1 aliphatic heterocycles. The van der Waals surface area contributed by atoms with Gasteiger partial charge in [0, 0.05) is 12.2 Å². The van der Waals surface area contributed by atoms with Crippen LogP contribution in [0.3, 0.4) is 0 Å². The Bertz CT molecular complexity index is 498. The first kappa shape index (κ1) is 14.9. The van der Waals surface area contributed by atoms with Crippen LogP contribution >= 0.6 is 11.8 Å². The Balaban J connectivity index is 2.21. The van der Waals surface area contributed by atoms with Crippen LogP contribution in [0.2, 0.25) is 0 Å². The molecule has 0 spiro atoms. The van der Waals surface area contributed by atoms with Crippen LogP contribution in [0.15, 0.2) is 24.3 Å². The number of aryl methyl sites for hydroxylation is 1. The summed E-state index contributed by atoms with van der Waals surface area (Å²) in [6.07, 6.45) is 1.91. The van der Waals surface area contributed by atoms with Gasteiger partial charge in [-0.05, 0) is 37.1 Å². The van der Waals surface area contributed by atoms with Crippen molar-refractivity contribution in [2.45, 2.75) is 31.4 Å². The fourth-order valence-corrected chi connectivity index (χ4v) is 3.59. The fraction of sp³-hybridized carbons (Fsp3) is 0.467. The van der Waals surface area contributed by atoms with Crippen LogP contribution in [0.25, 0.3) is 0 Å². The number of aliphatic carboxylic acids is 1. The molecule has 1 amide bonds. The highest BCUT2D eigenvalue weighted by Gasteiger charge is 2.29. The maximum atomic E-state index is 12.6. The van der Waals surface area contributed by atoms with Crippen LogP contribution < -0.4 is 4.90 Å². The minimum absolute atomic E-state index is 0.0246. The van der Waals surface area contributed by atoms with Crippen LogP contribution in [0.4, 0.5) is 5.69 Å². The molecule has 1 heterocycles. The van der Waals surface area contributed by atoms with Gasteiger partial charge in [-0.15, -0.1) is 11.8 Å². The van der Waals surface area contributed by atoms with Crippen LogP contribution in [0.1, 0.15) is 24.8 Å². The number of rotatable bonds is 5. The number of carbonyl (C=O) groups excluding carboxylic acids is 1. The van der Waals surface area contributed by atoms with Crippen molar-refractivity contribution >= 4 is 29.3 Å². The van der Waals surface area contributed by atoms with Crippen molar-refractivity contribution in [1.82, 2.24) is 0 Å². The van der Waals surface area contributed by atoms with Gasteiger partial charge in [-0.2, -0.15) is 0 Å². The van der Waals surface area contributed by atoms with Gasteiger partial charge in [-0.25, -0.2) is 0 Å². The monoisotopic (exact) mass is 293 g/mol. The van der Waals surface area contributed by atoms with Gasteiger partial charge in [0.05, 0.1) is 11.7 Å². The highest BCUT2D eigenvalue weighted by molar-refractivity contribution is 8.00. The summed E-state index contributed by atoms with van der Waals surface area (Å²) in [6, 6.07) is 7.63. The first-order valence-corrected chi connectivity index (χ1v) is 7.85. The summed E-state index contributed by atoms with van der Waals surface area (Å²) >= 11 is 1.67. The van der Waals surface area contributed by atoms with E-state index in [9.17, 15) is 9.59 Å². The number of amides is 1. The maximum Gasteiger partial charge on any atom is 0.305 e. The molecule has 1 N–H and O–H groups in total. The third-order valence-electron chi connectivity index (χ3n) is 3.43. The Morgan fingerprint density at radius 3 is 2.75 bits per heavy atom. The van der Waals surface area contributed by atoms with E-state index in [0.717, 1.165) is 29.8 Å². The molecule has 108 valence electrons. The van der Waals surface area contributed by atoms with Crippen LogP contribution in [0, 0.1) is 6.92 Å². The fourth-order valence-electron chi connectivity index (χ4n) is 2.37. The van der Waals surface area contributed by atoms with Gasteiger partial charge in [-0.1, -0.05) is 18.2 Å². The molecule has 1 unspecified atom stereocenters. The number of hydrogen-bond acceptors (Lipinski definition) is 3. The zero-order valence-electron chi connectivity index (χ0n) is 11.5. The molecule has 0 bridgehead atoms. The molecule has 1 fully saturated rings. The Hall–Kier alpha value is -1.49. The zero-order valence-corrected chi connectivity index (χ0v) is 12.4. The molecule has 1 aliphatic rings. The highest BCUT2D eigenvalue weighted by Crippen LogP contribution is 2.30. The van der Waals surface area contributed by atoms with Crippen molar-refractivity contribution in [1.29, 1.82) is 0 Å². The summed E-state index contributed by atoms with van der Waals surface area (Å²) in [4.78, 5) is 25.1. The van der Waals surface area contributed by atoms with E-state index in [2.05, 4.69) is 0 Å². The lowest BCUT2D eigenvalue weighted by molar-refractivity contribution is -0.136. The van der Waals surface area contributed by atoms with E-state index in [-0.39, 0.29) is 24.1 Å². The lowest BCUT2D eigenvalue weighted by Gasteiger charge is -2.26. The Morgan fingerprint density at radius 1 is 1.40 bits per heavy atom. The largest absolute Gasteiger partial charge is 0.481 e. The van der Waals surface area contributed by atoms with Gasteiger partial charge in [-0.3, -0.25) is 9.59 Å². The highest BCUT2D eigenvalue weighted by atomic mass is 32.2. The molecule has 0 aliphatic carbocycles. The molecule has 1 atom stereocenters. The minimum atomic E-state index is -0.879. The first-order valence-electron chi connectivity index (χ1n) is 6.80. The molecule has 2 rings (SSSR count). The van der Waals surface area contributed by atoms with Crippen molar-refractivity contribution in [2.24, 2.45) is 0 Å². The standard InChI is InChI=1S/C15H19NO3S/c1-11-5-2-3-6-12(11)16(9-8-14(17)18)15(19)13-7-4-10-20-13/h2-3,5-6,13H,4,7-10H2,1H3,(H,17,18). The zero-order chi connectivity index (χ0) is 14.5. The summed E-state index contributed by atoms with van der Waals surface area (Å²) in [6.45, 7) is 2.17. The predicted molar refractivity (Wildman–Crippen MR) is 81.3 cm³/mol. The van der Waals surface area contributed by atoms with Crippen molar-refractivity contribution in [3.8, 4) is 0 Å². The molecule has 20 heavy (non-hydrogen) atoms. The Labute approximate surface area is 123 Å². The summed E-state index contributed by atoms with van der Waals surface area (Å²) in [7, 11) is 0. The second-order valence-electron chi connectivity index (χ2n) is 4.92. The number of benzene rings is 1. The molecular formula is C15H19NO3S. The number of carboxylic acid groups (broad SMARTS) is 1. The Morgan fingerprint density at radius 2 is 2.15 bits per heavy atom. The van der Waals surface area contributed by atoms with E-state index < -0.39 is 5.97 Å². The first-order chi connectivity index (χ1) is 9.59. The number of nitrogens with zero attached hydrogens (tertiary/aromatic N) is 1. The van der Waals surface area contributed by atoms with Gasteiger partial charge in [0.1, 0.15) is 0 Å². The van der Waals surface area contributed by atoms with Gasteiger partial charge in [0.15, 0.2) is 0 Å². The SMILES string of the molecule is Cc1ccccc1N(CCC(=O)O)C(=O)C1CCCS1. The van der Waals surface area contributed by atoms with E-state index in [4.69, 9.17) is 5.11 Å². The summed E-state index contributed by atoms with van der Waals surface area (Å²) in [5, 5.41) is 8.86. The second-order valence-corrected chi connectivity index (χ2v) is 6.23. The summed E-state index contributed by atoms with van der Waals surface area (Å²) < 4.78 is 0. The summed E-state index contributed by atoms with van der Waals surface area (Å²) in [5.41, 5.74) is 1.82. The van der Waals surface area contributed by atoms with Crippen LogP contribution in [-0.2, 0) is 9.59 Å². The normalized spacial score (nSPS) is 17.9. The predicted octanol–water partition coefficient (Wildman–Crippen LogP) is 2.70. The number of thioether (sulfide) groups is 1. The molecular weight excluding hydrogens is 274 g/mol. The third-order valence-corrected chi connectivity index (χ3v) is 4.79. The van der Waals surface area contributed by atoms with E-state index in [1.807, 2.05) is 31.2 Å². The number of hydrogen-bond donors (Lipinski definition) is 1. The average molecular weight is 293 g/mol. The lowest BCUT2D eigenvalue weighted by atomic mass is 10.1. The van der Waals surface area contributed by atoms with E-state index >= 15 is 0 Å². The van der Waals surface area contributed by atoms with E-state index in [0.29, 0.717) is 0 Å². The Kier molecular flexibility index (Phi) is 5.06. The van der Waals surface area contributed by atoms with E-state index in [1.54, 1.807) is 16.7 Å². The van der Waals surface area contributed by atoms with Crippen molar-refractivity contribution in [3.05, 3.63) is 29.8 Å². The van der Waals surface area contributed by atoms with Gasteiger partial charge in [0.2, 0.25) is 5.91 Å². The molecule has 1 saturated heterocycles.